The highest BCUT2D eigenvalue weighted by Crippen LogP contribution is 2.11. The second kappa shape index (κ2) is 6.54. The number of ether oxygens (including phenoxy) is 1. The van der Waals surface area contributed by atoms with Gasteiger partial charge in [0.2, 0.25) is 0 Å². The quantitative estimate of drug-likeness (QED) is 0.382. The van der Waals surface area contributed by atoms with E-state index in [-0.39, 0.29) is 6.29 Å². The number of aliphatic hydroxyl groups excluding tert-OH is 3. The van der Waals surface area contributed by atoms with E-state index >= 15 is 0 Å². The summed E-state index contributed by atoms with van der Waals surface area (Å²) < 4.78 is 4.84. The number of carboxylic acids is 1. The first-order chi connectivity index (χ1) is 7.31. The normalized spacial score (nSPS) is 20.6. The van der Waals surface area contributed by atoms with Gasteiger partial charge in [-0.25, -0.2) is 4.79 Å². The van der Waals surface area contributed by atoms with E-state index in [0.29, 0.717) is 0 Å². The molecule has 0 aliphatic rings. The van der Waals surface area contributed by atoms with Gasteiger partial charge in [0.1, 0.15) is 18.3 Å². The van der Waals surface area contributed by atoms with Gasteiger partial charge in [0.05, 0.1) is 6.10 Å². The zero-order chi connectivity index (χ0) is 12.9. The molecule has 0 fully saturated rings. The van der Waals surface area contributed by atoms with Gasteiger partial charge in [-0.1, -0.05) is 0 Å². The lowest BCUT2D eigenvalue weighted by molar-refractivity contribution is -0.174. The number of carboxylic acid groups (broad SMARTS) is 1. The smallest absolute Gasteiger partial charge is 0.332 e. The molecule has 0 aromatic rings. The summed E-state index contributed by atoms with van der Waals surface area (Å²) >= 11 is 0. The topological polar surface area (TPSA) is 124 Å². The molecule has 0 saturated heterocycles. The summed E-state index contributed by atoms with van der Waals surface area (Å²) in [5.74, 6) is -1.28. The van der Waals surface area contributed by atoms with E-state index in [1.165, 1.54) is 13.8 Å². The SMILES string of the molecule is C[C@H](O[C@H]([C@@H](O)[C@@H](O)C=O)[C@H](C)O)C(=O)O. The Morgan fingerprint density at radius 1 is 1.25 bits per heavy atom. The molecule has 7 heteroatoms. The Morgan fingerprint density at radius 3 is 2.06 bits per heavy atom. The molecule has 0 unspecified atom stereocenters. The zero-order valence-electron chi connectivity index (χ0n) is 8.98. The number of hydrogen-bond acceptors (Lipinski definition) is 6. The monoisotopic (exact) mass is 236 g/mol. The highest BCUT2D eigenvalue weighted by molar-refractivity contribution is 5.71. The summed E-state index contributed by atoms with van der Waals surface area (Å²) in [5.41, 5.74) is 0. The standard InChI is InChI=1S/C9H16O7/c1-4(11)8(7(13)6(12)3-10)16-5(2)9(14)15/h3-8,11-13H,1-2H3,(H,14,15)/t4-,5-,6-,7-,8-/m0/s1. The van der Waals surface area contributed by atoms with Gasteiger partial charge < -0.3 is 30.0 Å². The maximum Gasteiger partial charge on any atom is 0.332 e. The van der Waals surface area contributed by atoms with Crippen molar-refractivity contribution in [2.24, 2.45) is 0 Å². The molecule has 94 valence electrons. The zero-order valence-corrected chi connectivity index (χ0v) is 8.98. The Balaban J connectivity index is 4.61. The summed E-state index contributed by atoms with van der Waals surface area (Å²) in [5, 5.41) is 36.3. The Kier molecular flexibility index (Phi) is 6.12. The van der Waals surface area contributed by atoms with E-state index in [0.717, 1.165) is 0 Å². The summed E-state index contributed by atoms with van der Waals surface area (Å²) in [4.78, 5) is 20.7. The number of aldehydes is 1. The lowest BCUT2D eigenvalue weighted by atomic mass is 10.0. The second-order valence-corrected chi connectivity index (χ2v) is 3.44. The number of hydrogen-bond donors (Lipinski definition) is 4. The lowest BCUT2D eigenvalue weighted by Crippen LogP contribution is -2.48. The van der Waals surface area contributed by atoms with Gasteiger partial charge in [-0.05, 0) is 13.8 Å². The molecule has 0 spiro atoms. The average Bonchev–Trinajstić information content (AvgIpc) is 2.22. The number of carbonyl (C=O) groups excluding carboxylic acids is 1. The third-order valence-electron chi connectivity index (χ3n) is 2.01. The minimum atomic E-state index is -1.74. The van der Waals surface area contributed by atoms with E-state index in [9.17, 15) is 19.8 Å². The number of carbonyl (C=O) groups is 2. The number of aliphatic hydroxyl groups is 3. The van der Waals surface area contributed by atoms with Gasteiger partial charge in [-0.15, -0.1) is 0 Å². The van der Waals surface area contributed by atoms with E-state index < -0.39 is 36.5 Å². The third-order valence-corrected chi connectivity index (χ3v) is 2.01. The van der Waals surface area contributed by atoms with Crippen LogP contribution in [0.4, 0.5) is 0 Å². The van der Waals surface area contributed by atoms with Gasteiger partial charge in [-0.3, -0.25) is 0 Å². The number of rotatable bonds is 7. The first kappa shape index (κ1) is 15.0. The third kappa shape index (κ3) is 4.23. The Bertz CT molecular complexity index is 240. The van der Waals surface area contributed by atoms with Crippen molar-refractivity contribution in [2.75, 3.05) is 0 Å². The van der Waals surface area contributed by atoms with Gasteiger partial charge in [0, 0.05) is 0 Å². The molecule has 0 saturated carbocycles. The van der Waals surface area contributed by atoms with Crippen molar-refractivity contribution in [3.05, 3.63) is 0 Å². The van der Waals surface area contributed by atoms with Crippen molar-refractivity contribution >= 4 is 12.3 Å². The molecule has 0 aromatic carbocycles. The Labute approximate surface area is 92.3 Å². The molecule has 5 atom stereocenters. The van der Waals surface area contributed by atoms with E-state index in [2.05, 4.69) is 0 Å². The predicted molar refractivity (Wildman–Crippen MR) is 51.7 cm³/mol. The van der Waals surface area contributed by atoms with Crippen LogP contribution in [0.2, 0.25) is 0 Å². The summed E-state index contributed by atoms with van der Waals surface area (Å²) in [6.07, 6.45) is -7.19. The molecule has 0 rings (SSSR count). The summed E-state index contributed by atoms with van der Waals surface area (Å²) in [7, 11) is 0. The fourth-order valence-electron chi connectivity index (χ4n) is 1.05. The van der Waals surface area contributed by atoms with E-state index in [1.54, 1.807) is 0 Å². The fourth-order valence-corrected chi connectivity index (χ4v) is 1.05. The largest absolute Gasteiger partial charge is 0.479 e. The van der Waals surface area contributed by atoms with Crippen molar-refractivity contribution in [1.29, 1.82) is 0 Å². The van der Waals surface area contributed by atoms with Crippen molar-refractivity contribution in [1.82, 2.24) is 0 Å². The fraction of sp³-hybridized carbons (Fsp3) is 0.778. The molecule has 0 bridgehead atoms. The van der Waals surface area contributed by atoms with Gasteiger partial charge in [0.25, 0.3) is 0 Å². The Morgan fingerprint density at radius 2 is 1.75 bits per heavy atom. The average molecular weight is 236 g/mol. The molecule has 4 N–H and O–H groups in total. The van der Waals surface area contributed by atoms with Gasteiger partial charge >= 0.3 is 5.97 Å². The molecule has 0 amide bonds. The van der Waals surface area contributed by atoms with Crippen molar-refractivity contribution < 1.29 is 34.8 Å². The minimum Gasteiger partial charge on any atom is -0.479 e. The molecular formula is C9H16O7. The molecule has 7 nitrogen and oxygen atoms in total. The van der Waals surface area contributed by atoms with Crippen LogP contribution < -0.4 is 0 Å². The summed E-state index contributed by atoms with van der Waals surface area (Å²) in [6, 6.07) is 0. The van der Waals surface area contributed by atoms with Crippen LogP contribution in [0.1, 0.15) is 13.8 Å². The van der Waals surface area contributed by atoms with Crippen LogP contribution >= 0.6 is 0 Å². The second-order valence-electron chi connectivity index (χ2n) is 3.44. The van der Waals surface area contributed by atoms with Crippen LogP contribution in [0.3, 0.4) is 0 Å². The molecule has 0 radical (unpaired) electrons. The van der Waals surface area contributed by atoms with Crippen LogP contribution in [0, 0.1) is 0 Å². The maximum atomic E-state index is 10.5. The van der Waals surface area contributed by atoms with Crippen molar-refractivity contribution in [2.45, 2.75) is 44.4 Å². The van der Waals surface area contributed by atoms with Crippen LogP contribution in [-0.4, -0.2) is 63.2 Å². The van der Waals surface area contributed by atoms with Crippen LogP contribution in [-0.2, 0) is 14.3 Å². The van der Waals surface area contributed by atoms with E-state index in [1.807, 2.05) is 0 Å². The van der Waals surface area contributed by atoms with Crippen molar-refractivity contribution in [3.63, 3.8) is 0 Å². The summed E-state index contributed by atoms with van der Waals surface area (Å²) in [6.45, 7) is 2.46. The first-order valence-corrected chi connectivity index (χ1v) is 4.69. The number of aliphatic carboxylic acids is 1. The molecule has 16 heavy (non-hydrogen) atoms. The van der Waals surface area contributed by atoms with Crippen molar-refractivity contribution in [3.8, 4) is 0 Å². The first-order valence-electron chi connectivity index (χ1n) is 4.69. The van der Waals surface area contributed by atoms with Crippen LogP contribution in [0.25, 0.3) is 0 Å². The molecule has 0 heterocycles. The highest BCUT2D eigenvalue weighted by atomic mass is 16.5. The molecule has 0 aliphatic carbocycles. The minimum absolute atomic E-state index is 0.0782. The molecular weight excluding hydrogens is 220 g/mol. The van der Waals surface area contributed by atoms with Gasteiger partial charge in [-0.2, -0.15) is 0 Å². The van der Waals surface area contributed by atoms with Crippen LogP contribution in [0.15, 0.2) is 0 Å². The van der Waals surface area contributed by atoms with Gasteiger partial charge in [0.15, 0.2) is 12.4 Å². The van der Waals surface area contributed by atoms with E-state index in [4.69, 9.17) is 14.9 Å². The lowest BCUT2D eigenvalue weighted by Gasteiger charge is -2.28. The predicted octanol–water partition coefficient (Wildman–Crippen LogP) is -1.85. The van der Waals surface area contributed by atoms with Crippen LogP contribution in [0.5, 0.6) is 0 Å². The Hall–Kier alpha value is -1.02. The molecule has 0 aliphatic heterocycles. The maximum absolute atomic E-state index is 10.5. The molecule has 0 aromatic heterocycles. The highest BCUT2D eigenvalue weighted by Gasteiger charge is 2.33.